The smallest absolute Gasteiger partial charge is 0.413 e. The van der Waals surface area contributed by atoms with E-state index in [1.807, 2.05) is 34.6 Å². The van der Waals surface area contributed by atoms with Crippen LogP contribution in [0, 0.1) is 12.7 Å². The normalized spacial score (nSPS) is 16.8. The number of imidazole rings is 1. The molecule has 5 amide bonds. The van der Waals surface area contributed by atoms with Crippen molar-refractivity contribution in [3.63, 3.8) is 0 Å². The molecule has 0 saturated carbocycles. The Morgan fingerprint density at radius 2 is 1.69 bits per heavy atom. The average Bonchev–Trinajstić information content (AvgIpc) is 3.73. The number of hydrogen-bond acceptors (Lipinski definition) is 14. The van der Waals surface area contributed by atoms with Gasteiger partial charge in [0.1, 0.15) is 34.6 Å². The molecular weight excluding hydrogens is 840 g/mol. The lowest BCUT2D eigenvalue weighted by Crippen LogP contribution is -2.54. The molecule has 3 aliphatic rings. The van der Waals surface area contributed by atoms with Crippen LogP contribution in [0.3, 0.4) is 0 Å². The first-order valence-corrected chi connectivity index (χ1v) is 21.6. The van der Waals surface area contributed by atoms with Gasteiger partial charge in [0.15, 0.2) is 5.65 Å². The van der Waals surface area contributed by atoms with Crippen LogP contribution < -0.4 is 20.9 Å². The van der Waals surface area contributed by atoms with Gasteiger partial charge >= 0.3 is 6.09 Å². The molecule has 2 fully saturated rings. The molecule has 1 atom stereocenters. The third-order valence-corrected chi connectivity index (χ3v) is 11.2. The fourth-order valence-corrected chi connectivity index (χ4v) is 8.15. The highest BCUT2D eigenvalue weighted by atomic mass is 19.1. The largest absolute Gasteiger partial charge is 0.444 e. The summed E-state index contributed by atoms with van der Waals surface area (Å²) in [6.45, 7) is 12.7. The van der Waals surface area contributed by atoms with Crippen LogP contribution in [0.15, 0.2) is 66.9 Å². The quantitative estimate of drug-likeness (QED) is 0.0942. The summed E-state index contributed by atoms with van der Waals surface area (Å²) < 4.78 is 34.6. The minimum atomic E-state index is -1.03. The summed E-state index contributed by atoms with van der Waals surface area (Å²) in [5, 5.41) is 8.03. The minimum absolute atomic E-state index is 0.0542. The zero-order valence-corrected chi connectivity index (χ0v) is 36.7. The minimum Gasteiger partial charge on any atom is -0.444 e. The molecule has 5 aromatic rings. The Labute approximate surface area is 374 Å². The van der Waals surface area contributed by atoms with E-state index in [1.54, 1.807) is 63.4 Å². The number of ether oxygens (including phenoxy) is 3. The summed E-state index contributed by atoms with van der Waals surface area (Å²) in [6, 6.07) is 16.3. The molecule has 0 aliphatic carbocycles. The van der Waals surface area contributed by atoms with Crippen molar-refractivity contribution in [2.75, 3.05) is 81.2 Å². The summed E-state index contributed by atoms with van der Waals surface area (Å²) in [6.07, 6.45) is 1.12. The van der Waals surface area contributed by atoms with Gasteiger partial charge in [-0.1, -0.05) is 6.07 Å². The van der Waals surface area contributed by atoms with E-state index in [4.69, 9.17) is 19.2 Å². The van der Waals surface area contributed by atoms with Crippen molar-refractivity contribution < 1.29 is 42.6 Å². The van der Waals surface area contributed by atoms with Crippen molar-refractivity contribution in [3.05, 3.63) is 89.6 Å². The Bertz CT molecular complexity index is 2640. The molecule has 0 radical (unpaired) electrons. The zero-order valence-electron chi connectivity index (χ0n) is 36.7. The van der Waals surface area contributed by atoms with Crippen molar-refractivity contribution in [2.45, 2.75) is 52.2 Å². The molecule has 65 heavy (non-hydrogen) atoms. The number of rotatable bonds is 15. The van der Waals surface area contributed by atoms with Crippen molar-refractivity contribution in [2.24, 2.45) is 0 Å². The van der Waals surface area contributed by atoms with Crippen LogP contribution in [-0.4, -0.2) is 136 Å². The summed E-state index contributed by atoms with van der Waals surface area (Å²) in [5.41, 5.74) is 3.93. The summed E-state index contributed by atoms with van der Waals surface area (Å²) in [5.74, 6) is -1.57. The van der Waals surface area contributed by atoms with Gasteiger partial charge in [-0.05, 0) is 82.6 Å². The second kappa shape index (κ2) is 19.1. The van der Waals surface area contributed by atoms with Crippen molar-refractivity contribution in [1.29, 1.82) is 0 Å². The topological polar surface area (TPSA) is 202 Å². The van der Waals surface area contributed by atoms with E-state index in [2.05, 4.69) is 30.8 Å². The van der Waals surface area contributed by atoms with Gasteiger partial charge in [0.05, 0.1) is 54.6 Å². The second-order valence-corrected chi connectivity index (χ2v) is 16.9. The molecule has 19 heteroatoms. The highest BCUT2D eigenvalue weighted by molar-refractivity contribution is 6.25. The molecule has 2 saturated heterocycles. The first-order chi connectivity index (χ1) is 31.2. The fraction of sp³-hybridized carbons (Fsp3) is 0.391. The summed E-state index contributed by atoms with van der Waals surface area (Å²) in [4.78, 5) is 81.8. The molecule has 3 N–H and O–H groups in total. The molecule has 18 nitrogen and oxygen atoms in total. The predicted molar refractivity (Wildman–Crippen MR) is 239 cm³/mol. The van der Waals surface area contributed by atoms with E-state index in [0.717, 1.165) is 30.1 Å². The number of halogens is 1. The number of piperidine rings is 1. The van der Waals surface area contributed by atoms with Gasteiger partial charge in [-0.3, -0.25) is 44.2 Å². The summed E-state index contributed by atoms with van der Waals surface area (Å²) >= 11 is 0. The number of aryl methyl sites for hydroxylation is 1. The number of pyridine rings is 2. The number of imide groups is 2. The molecule has 2 aromatic carbocycles. The number of nitrogens with zero attached hydrogens (tertiary/aromatic N) is 7. The number of anilines is 3. The molecule has 1 unspecified atom stereocenters. The van der Waals surface area contributed by atoms with Crippen LogP contribution >= 0.6 is 0 Å². The molecule has 8 rings (SSSR count). The lowest BCUT2D eigenvalue weighted by Gasteiger charge is -2.36. The van der Waals surface area contributed by atoms with E-state index < -0.39 is 41.4 Å². The Balaban J connectivity index is 0.766. The number of carbonyl (C=O) groups is 5. The molecule has 3 aliphatic heterocycles. The van der Waals surface area contributed by atoms with Crippen molar-refractivity contribution in [1.82, 2.24) is 34.6 Å². The number of aromatic nitrogens is 4. The van der Waals surface area contributed by atoms with Crippen molar-refractivity contribution in [3.8, 4) is 16.9 Å². The molecule has 3 aromatic heterocycles. The monoisotopic (exact) mass is 890 g/mol. The highest BCUT2D eigenvalue weighted by Gasteiger charge is 2.45. The van der Waals surface area contributed by atoms with Gasteiger partial charge in [-0.2, -0.15) is 0 Å². The maximum atomic E-state index is 15.9. The van der Waals surface area contributed by atoms with Gasteiger partial charge in [-0.25, -0.2) is 24.1 Å². The Kier molecular flexibility index (Phi) is 13.2. The van der Waals surface area contributed by atoms with Gasteiger partial charge in [0.2, 0.25) is 11.8 Å². The lowest BCUT2D eigenvalue weighted by molar-refractivity contribution is -0.136. The van der Waals surface area contributed by atoms with Crippen LogP contribution in [0.1, 0.15) is 60.2 Å². The summed E-state index contributed by atoms with van der Waals surface area (Å²) in [7, 11) is 0. The van der Waals surface area contributed by atoms with Crippen LogP contribution in [0.25, 0.3) is 28.1 Å². The number of benzene rings is 2. The number of carbonyl (C=O) groups excluding carboxylic acids is 5. The van der Waals surface area contributed by atoms with Gasteiger partial charge in [-0.15, -0.1) is 0 Å². The zero-order chi connectivity index (χ0) is 45.8. The van der Waals surface area contributed by atoms with Crippen LogP contribution in [0.2, 0.25) is 0 Å². The van der Waals surface area contributed by atoms with Crippen molar-refractivity contribution >= 4 is 58.1 Å². The third kappa shape index (κ3) is 10.1. The van der Waals surface area contributed by atoms with E-state index in [9.17, 15) is 24.0 Å². The molecule has 0 bridgehead atoms. The van der Waals surface area contributed by atoms with E-state index in [0.29, 0.717) is 91.6 Å². The molecular formula is C46H51FN10O8. The standard InChI is InChI=1S/C46H51FN10O8/c1-28-50-35-10-9-33(29-14-15-49-38(26-29)52-45(62)65-46(2,3)4)51-41(35)56(28)30-8-11-36(32(47)27-30)55-19-17-54(18-20-55)21-23-64-25-24-63-22-16-48-34-7-5-6-31-40(34)44(61)57(43(31)60)37-12-13-39(58)53-42(37)59/h5-11,14-15,26-27,37,48H,12-13,16-25H2,1-4H3,(H,49,52,62)(H,53,58,59). The first kappa shape index (κ1) is 44.8. The maximum Gasteiger partial charge on any atom is 0.413 e. The molecule has 6 heterocycles. The van der Waals surface area contributed by atoms with Gasteiger partial charge in [0, 0.05) is 69.2 Å². The second-order valence-electron chi connectivity index (χ2n) is 16.9. The van der Waals surface area contributed by atoms with Crippen LogP contribution in [0.4, 0.5) is 26.4 Å². The van der Waals surface area contributed by atoms with Crippen LogP contribution in [0.5, 0.6) is 0 Å². The average molecular weight is 891 g/mol. The number of nitrogens with one attached hydrogen (secondary N) is 3. The fourth-order valence-electron chi connectivity index (χ4n) is 8.15. The van der Waals surface area contributed by atoms with Gasteiger partial charge in [0.25, 0.3) is 11.8 Å². The number of piperazine rings is 1. The van der Waals surface area contributed by atoms with E-state index in [-0.39, 0.29) is 29.8 Å². The molecule has 340 valence electrons. The van der Waals surface area contributed by atoms with E-state index in [1.165, 1.54) is 6.07 Å². The predicted octanol–water partition coefficient (Wildman–Crippen LogP) is 4.95. The number of fused-ring (bicyclic) bond motifs is 2. The Morgan fingerprint density at radius 1 is 0.908 bits per heavy atom. The highest BCUT2D eigenvalue weighted by Crippen LogP contribution is 2.33. The number of amides is 5. The van der Waals surface area contributed by atoms with E-state index >= 15 is 4.39 Å². The van der Waals surface area contributed by atoms with Gasteiger partial charge < -0.3 is 24.4 Å². The first-order valence-electron chi connectivity index (χ1n) is 21.6. The Hall–Kier alpha value is -6.83. The number of hydrogen-bond donors (Lipinski definition) is 3. The maximum absolute atomic E-state index is 15.9. The van der Waals surface area contributed by atoms with Crippen LogP contribution in [-0.2, 0) is 23.8 Å². The lowest BCUT2D eigenvalue weighted by atomic mass is 10.0. The SMILES string of the molecule is Cc1nc2ccc(-c3ccnc(NC(=O)OC(C)(C)C)c3)nc2n1-c1ccc(N2CCN(CCOCCOCCNc3cccc4c3C(=O)N(C3CCC(=O)NC3=O)C4=O)CC2)c(F)c1. The third-order valence-electron chi connectivity index (χ3n) is 11.2. The molecule has 0 spiro atoms. The Morgan fingerprint density at radius 3 is 2.45 bits per heavy atom.